The van der Waals surface area contributed by atoms with E-state index in [4.69, 9.17) is 9.40 Å². The molecule has 0 aliphatic carbocycles. The number of pyridine rings is 2. The third-order valence-electron chi connectivity index (χ3n) is 10.1. The molecule has 0 amide bonds. The van der Waals surface area contributed by atoms with Crippen LogP contribution < -0.4 is 0 Å². The van der Waals surface area contributed by atoms with Gasteiger partial charge >= 0.3 is 0 Å². The first-order valence-electron chi connectivity index (χ1n) is 17.9. The summed E-state index contributed by atoms with van der Waals surface area (Å²) in [5.74, 6) is 1.70. The van der Waals surface area contributed by atoms with Gasteiger partial charge in [0, 0.05) is 44.8 Å². The third kappa shape index (κ3) is 5.38. The summed E-state index contributed by atoms with van der Waals surface area (Å²) in [6.07, 6.45) is 1.84. The molecular weight excluding hydrogens is 645 g/mol. The number of fused-ring (bicyclic) bond motifs is 4. The molecule has 0 atom stereocenters. The maximum Gasteiger partial charge on any atom is 0.143 e. The zero-order valence-electron chi connectivity index (χ0n) is 28.8. The van der Waals surface area contributed by atoms with Crippen LogP contribution in [0.5, 0.6) is 0 Å². The van der Waals surface area contributed by atoms with Crippen LogP contribution in [0.4, 0.5) is 0 Å². The van der Waals surface area contributed by atoms with Crippen molar-refractivity contribution in [3.8, 4) is 67.3 Å². The van der Waals surface area contributed by atoms with Crippen LogP contribution in [0.3, 0.4) is 0 Å². The van der Waals surface area contributed by atoms with Crippen molar-refractivity contribution in [3.05, 3.63) is 194 Å². The molecule has 3 nitrogen and oxygen atoms in total. The summed E-state index contributed by atoms with van der Waals surface area (Å²) in [6, 6.07) is 66.0. The maximum atomic E-state index is 7.03. The molecule has 3 heteroatoms. The van der Waals surface area contributed by atoms with Crippen molar-refractivity contribution in [1.29, 1.82) is 0 Å². The van der Waals surface area contributed by atoms with E-state index in [0.717, 1.165) is 99.9 Å². The van der Waals surface area contributed by atoms with Gasteiger partial charge in [0.1, 0.15) is 11.5 Å². The van der Waals surface area contributed by atoms with Gasteiger partial charge in [0.15, 0.2) is 0 Å². The minimum absolute atomic E-state index is 0.845. The molecule has 0 bridgehead atoms. The second kappa shape index (κ2) is 12.9. The predicted molar refractivity (Wildman–Crippen MR) is 219 cm³/mol. The summed E-state index contributed by atoms with van der Waals surface area (Å²) in [4.78, 5) is 9.89. The van der Waals surface area contributed by atoms with E-state index in [0.29, 0.717) is 0 Å². The lowest BCUT2D eigenvalue weighted by Crippen LogP contribution is -1.91. The van der Waals surface area contributed by atoms with Crippen molar-refractivity contribution in [1.82, 2.24) is 9.97 Å². The molecule has 0 saturated carbocycles. The van der Waals surface area contributed by atoms with Gasteiger partial charge in [0.05, 0.1) is 16.7 Å². The van der Waals surface area contributed by atoms with E-state index < -0.39 is 0 Å². The fourth-order valence-corrected chi connectivity index (χ4v) is 7.66. The number of hydrogen-bond donors (Lipinski definition) is 0. The Hall–Kier alpha value is -7.10. The Morgan fingerprint density at radius 2 is 0.887 bits per heavy atom. The molecule has 0 spiro atoms. The van der Waals surface area contributed by atoms with Crippen LogP contribution in [0, 0.1) is 0 Å². The number of hydrogen-bond acceptors (Lipinski definition) is 3. The summed E-state index contributed by atoms with van der Waals surface area (Å²) in [6.45, 7) is 0. The van der Waals surface area contributed by atoms with Crippen molar-refractivity contribution in [2.24, 2.45) is 0 Å². The standard InChI is InChI=1S/C50H32N2O/c1-4-14-33(15-5-1)45-46(34-16-6-2-7-17-34)50(53-49(45)37-18-8-3-9-19-37)39-21-12-20-38(32-39)40-28-29-43(42-24-11-10-23-41(40)42)44-30-27-36-26-25-35-22-13-31-51-47(35)48(36)52-44/h1-32H. The number of nitrogens with zero attached hydrogens (tertiary/aromatic N) is 2. The molecule has 0 aliphatic heterocycles. The Balaban J connectivity index is 1.15. The average Bonchev–Trinajstić information content (AvgIpc) is 3.65. The molecular formula is C50H32N2O. The highest BCUT2D eigenvalue weighted by Crippen LogP contribution is 2.49. The first-order chi connectivity index (χ1) is 26.3. The van der Waals surface area contributed by atoms with E-state index in [1.165, 1.54) is 0 Å². The van der Waals surface area contributed by atoms with E-state index in [2.05, 4.69) is 181 Å². The fourth-order valence-electron chi connectivity index (χ4n) is 7.66. The minimum Gasteiger partial charge on any atom is -0.455 e. The summed E-state index contributed by atoms with van der Waals surface area (Å²) in [7, 11) is 0. The Morgan fingerprint density at radius 1 is 0.358 bits per heavy atom. The number of furan rings is 1. The first kappa shape index (κ1) is 30.7. The number of aromatic nitrogens is 2. The molecule has 0 radical (unpaired) electrons. The Kier molecular flexibility index (Phi) is 7.47. The van der Waals surface area contributed by atoms with E-state index in [-0.39, 0.29) is 0 Å². The average molecular weight is 677 g/mol. The highest BCUT2D eigenvalue weighted by molar-refractivity contribution is 6.08. The van der Waals surface area contributed by atoms with E-state index >= 15 is 0 Å². The quantitative estimate of drug-likeness (QED) is 0.165. The monoisotopic (exact) mass is 676 g/mol. The molecule has 10 aromatic rings. The van der Waals surface area contributed by atoms with Crippen LogP contribution in [0.25, 0.3) is 99.9 Å². The molecule has 0 saturated heterocycles. The second-order valence-electron chi connectivity index (χ2n) is 13.3. The van der Waals surface area contributed by atoms with Gasteiger partial charge < -0.3 is 4.42 Å². The highest BCUT2D eigenvalue weighted by Gasteiger charge is 2.25. The largest absolute Gasteiger partial charge is 0.455 e. The lowest BCUT2D eigenvalue weighted by Gasteiger charge is -2.13. The zero-order valence-corrected chi connectivity index (χ0v) is 28.8. The van der Waals surface area contributed by atoms with E-state index in [1.54, 1.807) is 0 Å². The molecule has 3 aromatic heterocycles. The molecule has 53 heavy (non-hydrogen) atoms. The zero-order chi connectivity index (χ0) is 35.1. The molecule has 0 aliphatic rings. The van der Waals surface area contributed by atoms with E-state index in [9.17, 15) is 0 Å². The Labute approximate surface area is 307 Å². The Bertz CT molecular complexity index is 2930. The third-order valence-corrected chi connectivity index (χ3v) is 10.1. The number of benzene rings is 7. The highest BCUT2D eigenvalue weighted by atomic mass is 16.3. The van der Waals surface area contributed by atoms with E-state index in [1.807, 2.05) is 18.3 Å². The fraction of sp³-hybridized carbons (Fsp3) is 0. The van der Waals surface area contributed by atoms with Gasteiger partial charge in [-0.15, -0.1) is 0 Å². The lowest BCUT2D eigenvalue weighted by molar-refractivity contribution is 0.599. The van der Waals surface area contributed by atoms with Crippen LogP contribution in [-0.4, -0.2) is 9.97 Å². The first-order valence-corrected chi connectivity index (χ1v) is 17.9. The van der Waals surface area contributed by atoms with Gasteiger partial charge in [0.2, 0.25) is 0 Å². The molecule has 0 fully saturated rings. The van der Waals surface area contributed by atoms with Gasteiger partial charge in [-0.3, -0.25) is 4.98 Å². The van der Waals surface area contributed by atoms with Crippen molar-refractivity contribution >= 4 is 32.6 Å². The second-order valence-corrected chi connectivity index (χ2v) is 13.3. The van der Waals surface area contributed by atoms with Crippen molar-refractivity contribution in [3.63, 3.8) is 0 Å². The van der Waals surface area contributed by atoms with Gasteiger partial charge in [0.25, 0.3) is 0 Å². The summed E-state index contributed by atoms with van der Waals surface area (Å²) in [5.41, 5.74) is 12.6. The topological polar surface area (TPSA) is 38.9 Å². The summed E-state index contributed by atoms with van der Waals surface area (Å²) in [5, 5.41) is 4.48. The lowest BCUT2D eigenvalue weighted by atomic mass is 9.90. The molecule has 248 valence electrons. The van der Waals surface area contributed by atoms with Crippen molar-refractivity contribution < 1.29 is 4.42 Å². The van der Waals surface area contributed by atoms with Crippen LogP contribution >= 0.6 is 0 Å². The van der Waals surface area contributed by atoms with Crippen LogP contribution in [0.2, 0.25) is 0 Å². The normalized spacial score (nSPS) is 11.4. The molecule has 3 heterocycles. The molecule has 10 rings (SSSR count). The molecule has 0 unspecified atom stereocenters. The smallest absolute Gasteiger partial charge is 0.143 e. The molecule has 0 N–H and O–H groups in total. The summed E-state index contributed by atoms with van der Waals surface area (Å²) >= 11 is 0. The van der Waals surface area contributed by atoms with Gasteiger partial charge in [-0.05, 0) is 51.2 Å². The predicted octanol–water partition coefficient (Wildman–Crippen LogP) is 13.5. The van der Waals surface area contributed by atoms with Gasteiger partial charge in [-0.1, -0.05) is 170 Å². The van der Waals surface area contributed by atoms with Gasteiger partial charge in [-0.25, -0.2) is 4.98 Å². The Morgan fingerprint density at radius 3 is 1.58 bits per heavy atom. The van der Waals surface area contributed by atoms with Crippen LogP contribution in [0.15, 0.2) is 199 Å². The SMILES string of the molecule is c1ccc(-c2oc(-c3cccc(-c4ccc(-c5ccc6ccc7cccnc7c6n5)c5ccccc45)c3)c(-c3ccccc3)c2-c2ccccc2)cc1. The van der Waals surface area contributed by atoms with Crippen LogP contribution in [-0.2, 0) is 0 Å². The molecule has 7 aromatic carbocycles. The maximum absolute atomic E-state index is 7.03. The van der Waals surface area contributed by atoms with Crippen molar-refractivity contribution in [2.45, 2.75) is 0 Å². The summed E-state index contributed by atoms with van der Waals surface area (Å²) < 4.78 is 7.03. The van der Waals surface area contributed by atoms with Crippen LogP contribution in [0.1, 0.15) is 0 Å². The number of rotatable bonds is 6. The van der Waals surface area contributed by atoms with Gasteiger partial charge in [-0.2, -0.15) is 0 Å². The van der Waals surface area contributed by atoms with Crippen molar-refractivity contribution in [2.75, 3.05) is 0 Å². The minimum atomic E-state index is 0.845.